The number of benzene rings is 1. The summed E-state index contributed by atoms with van der Waals surface area (Å²) in [4.78, 5) is 4.38. The third-order valence-corrected chi connectivity index (χ3v) is 3.07. The zero-order valence-electron chi connectivity index (χ0n) is 12.8. The fourth-order valence-corrected chi connectivity index (χ4v) is 2.01. The van der Waals surface area contributed by atoms with Crippen LogP contribution in [0.3, 0.4) is 0 Å². The minimum absolute atomic E-state index is 0.00979. The lowest BCUT2D eigenvalue weighted by atomic mass is 9.88. The van der Waals surface area contributed by atoms with E-state index >= 15 is 0 Å². The second-order valence-corrected chi connectivity index (χ2v) is 5.93. The van der Waals surface area contributed by atoms with Gasteiger partial charge in [-0.2, -0.15) is 4.98 Å². The monoisotopic (exact) mass is 291 g/mol. The van der Waals surface area contributed by atoms with Crippen LogP contribution in [0.5, 0.6) is 5.75 Å². The first-order valence-electron chi connectivity index (χ1n) is 6.87. The summed E-state index contributed by atoms with van der Waals surface area (Å²) in [7, 11) is 0. The minimum atomic E-state index is -0.262. The molecule has 3 N–H and O–H groups in total. The van der Waals surface area contributed by atoms with Crippen molar-refractivity contribution in [2.24, 2.45) is 5.41 Å². The fourth-order valence-electron chi connectivity index (χ4n) is 2.01. The van der Waals surface area contributed by atoms with Gasteiger partial charge in [0.15, 0.2) is 0 Å². The summed E-state index contributed by atoms with van der Waals surface area (Å²) in [5.41, 5.74) is 6.35. The van der Waals surface area contributed by atoms with Gasteiger partial charge in [-0.05, 0) is 30.5 Å². The molecule has 0 fully saturated rings. The molecule has 0 aliphatic carbocycles. The average molecular weight is 291 g/mol. The number of anilines is 1. The smallest absolute Gasteiger partial charge is 0.258 e. The van der Waals surface area contributed by atoms with Crippen molar-refractivity contribution in [2.45, 2.75) is 33.8 Å². The van der Waals surface area contributed by atoms with Gasteiger partial charge in [0.1, 0.15) is 11.9 Å². The molecule has 2 rings (SSSR count). The molecule has 0 saturated carbocycles. The number of hydrogen-bond acceptors (Lipinski definition) is 6. The number of nitrogens with two attached hydrogens (primary N) is 1. The Labute approximate surface area is 123 Å². The van der Waals surface area contributed by atoms with Gasteiger partial charge >= 0.3 is 0 Å². The van der Waals surface area contributed by atoms with Crippen LogP contribution in [0.25, 0.3) is 11.5 Å². The van der Waals surface area contributed by atoms with E-state index in [0.29, 0.717) is 29.6 Å². The van der Waals surface area contributed by atoms with E-state index in [4.69, 9.17) is 15.0 Å². The molecule has 0 spiro atoms. The molecular formula is C15H21N3O3. The summed E-state index contributed by atoms with van der Waals surface area (Å²) >= 11 is 0. The molecule has 6 heteroatoms. The van der Waals surface area contributed by atoms with Crippen molar-refractivity contribution in [1.82, 2.24) is 10.1 Å². The van der Waals surface area contributed by atoms with E-state index in [1.807, 2.05) is 6.92 Å². The topological polar surface area (TPSA) is 94.4 Å². The van der Waals surface area contributed by atoms with Crippen LogP contribution in [0.1, 0.15) is 39.6 Å². The van der Waals surface area contributed by atoms with E-state index in [9.17, 15) is 5.11 Å². The fraction of sp³-hybridized carbons (Fsp3) is 0.467. The third-order valence-electron chi connectivity index (χ3n) is 3.07. The molecule has 0 amide bonds. The van der Waals surface area contributed by atoms with E-state index in [2.05, 4.69) is 30.9 Å². The summed E-state index contributed by atoms with van der Waals surface area (Å²) in [6.07, 6.45) is -0.262. The highest BCUT2D eigenvalue weighted by Gasteiger charge is 2.31. The van der Waals surface area contributed by atoms with Crippen LogP contribution < -0.4 is 5.73 Å². The van der Waals surface area contributed by atoms with Gasteiger partial charge in [-0.3, -0.25) is 0 Å². The molecule has 0 aliphatic heterocycles. The van der Waals surface area contributed by atoms with Crippen LogP contribution in [0.4, 0.5) is 5.69 Å². The second-order valence-electron chi connectivity index (χ2n) is 5.93. The minimum Gasteiger partial charge on any atom is -0.506 e. The van der Waals surface area contributed by atoms with E-state index in [1.165, 1.54) is 6.07 Å². The predicted molar refractivity (Wildman–Crippen MR) is 79.6 cm³/mol. The molecule has 1 heterocycles. The summed E-state index contributed by atoms with van der Waals surface area (Å²) in [5.74, 6) is 0.814. The Morgan fingerprint density at radius 3 is 2.67 bits per heavy atom. The van der Waals surface area contributed by atoms with Gasteiger partial charge in [0, 0.05) is 12.2 Å². The van der Waals surface area contributed by atoms with Crippen LogP contribution in [-0.4, -0.2) is 21.9 Å². The second kappa shape index (κ2) is 5.73. The zero-order valence-corrected chi connectivity index (χ0v) is 12.8. The van der Waals surface area contributed by atoms with E-state index in [1.54, 1.807) is 12.1 Å². The van der Waals surface area contributed by atoms with Crippen molar-refractivity contribution in [3.63, 3.8) is 0 Å². The Kier molecular flexibility index (Phi) is 4.18. The number of nitrogen functional groups attached to an aromatic ring is 1. The number of hydrogen-bond donors (Lipinski definition) is 2. The molecule has 6 nitrogen and oxygen atoms in total. The number of aromatic nitrogens is 2. The number of ether oxygens (including phenoxy) is 1. The lowest BCUT2D eigenvalue weighted by molar-refractivity contribution is -0.0203. The van der Waals surface area contributed by atoms with Gasteiger partial charge in [-0.1, -0.05) is 25.9 Å². The lowest BCUT2D eigenvalue weighted by Crippen LogP contribution is -2.22. The quantitative estimate of drug-likeness (QED) is 0.663. The highest BCUT2D eigenvalue weighted by atomic mass is 16.5. The van der Waals surface area contributed by atoms with Crippen molar-refractivity contribution in [2.75, 3.05) is 12.3 Å². The summed E-state index contributed by atoms with van der Waals surface area (Å²) in [5, 5.41) is 13.7. The van der Waals surface area contributed by atoms with Crippen LogP contribution in [-0.2, 0) is 4.74 Å². The van der Waals surface area contributed by atoms with Gasteiger partial charge in [0.25, 0.3) is 5.89 Å². The Bertz CT molecular complexity index is 617. The zero-order chi connectivity index (χ0) is 15.6. The maximum atomic E-state index is 9.65. The molecular weight excluding hydrogens is 270 g/mol. The van der Waals surface area contributed by atoms with Gasteiger partial charge < -0.3 is 20.1 Å². The standard InChI is InChI=1S/C15H21N3O3/c1-5-20-12(15(2,3)4)13-17-14(21-18-13)9-6-7-10(16)11(19)8-9/h6-8,12,19H,5,16H2,1-4H3. The number of rotatable bonds is 4. The Balaban J connectivity index is 2.33. The molecule has 21 heavy (non-hydrogen) atoms. The molecule has 0 bridgehead atoms. The first-order valence-corrected chi connectivity index (χ1v) is 6.87. The van der Waals surface area contributed by atoms with Gasteiger partial charge in [0.2, 0.25) is 5.82 Å². The van der Waals surface area contributed by atoms with Gasteiger partial charge in [0.05, 0.1) is 5.69 Å². The molecule has 1 aromatic carbocycles. The van der Waals surface area contributed by atoms with Crippen LogP contribution in [0, 0.1) is 5.41 Å². The summed E-state index contributed by atoms with van der Waals surface area (Å²) in [6, 6.07) is 4.82. The molecule has 1 atom stereocenters. The highest BCUT2D eigenvalue weighted by Crippen LogP contribution is 2.35. The van der Waals surface area contributed by atoms with Crippen molar-refractivity contribution in [3.05, 3.63) is 24.0 Å². The summed E-state index contributed by atoms with van der Waals surface area (Å²) < 4.78 is 11.0. The Morgan fingerprint density at radius 2 is 2.10 bits per heavy atom. The van der Waals surface area contributed by atoms with E-state index in [0.717, 1.165) is 0 Å². The van der Waals surface area contributed by atoms with Crippen molar-refractivity contribution in [1.29, 1.82) is 0 Å². The normalized spacial score (nSPS) is 13.3. The predicted octanol–water partition coefficient (Wildman–Crippen LogP) is 3.15. The SMILES string of the molecule is CCOC(c1noc(-c2ccc(N)c(O)c2)n1)C(C)(C)C. The van der Waals surface area contributed by atoms with Gasteiger partial charge in [-0.15, -0.1) is 0 Å². The number of nitrogens with zero attached hydrogens (tertiary/aromatic N) is 2. The first kappa shape index (κ1) is 15.3. The molecule has 1 unspecified atom stereocenters. The molecule has 0 radical (unpaired) electrons. The van der Waals surface area contributed by atoms with Crippen molar-refractivity contribution >= 4 is 5.69 Å². The largest absolute Gasteiger partial charge is 0.506 e. The van der Waals surface area contributed by atoms with Crippen molar-refractivity contribution in [3.8, 4) is 17.2 Å². The van der Waals surface area contributed by atoms with E-state index in [-0.39, 0.29) is 17.3 Å². The molecule has 1 aromatic heterocycles. The molecule has 0 saturated heterocycles. The van der Waals surface area contributed by atoms with Gasteiger partial charge in [-0.25, -0.2) is 0 Å². The maximum Gasteiger partial charge on any atom is 0.258 e. The molecule has 0 aliphatic rings. The first-order chi connectivity index (χ1) is 9.82. The number of phenolic OH excluding ortho intramolecular Hbond substituents is 1. The Hall–Kier alpha value is -2.08. The molecule has 114 valence electrons. The van der Waals surface area contributed by atoms with Crippen LogP contribution in [0.2, 0.25) is 0 Å². The Morgan fingerprint density at radius 1 is 1.38 bits per heavy atom. The van der Waals surface area contributed by atoms with Crippen molar-refractivity contribution < 1.29 is 14.4 Å². The van der Waals surface area contributed by atoms with Crippen LogP contribution >= 0.6 is 0 Å². The van der Waals surface area contributed by atoms with Crippen LogP contribution in [0.15, 0.2) is 22.7 Å². The highest BCUT2D eigenvalue weighted by molar-refractivity contribution is 5.63. The molecule has 2 aromatic rings. The average Bonchev–Trinajstić information content (AvgIpc) is 2.87. The lowest BCUT2D eigenvalue weighted by Gasteiger charge is -2.27. The maximum absolute atomic E-state index is 9.65. The number of phenols is 1. The number of aromatic hydroxyl groups is 1. The summed E-state index contributed by atoms with van der Waals surface area (Å²) in [6.45, 7) is 8.65. The third kappa shape index (κ3) is 3.33. The van der Waals surface area contributed by atoms with E-state index < -0.39 is 0 Å².